The standard InChI is InChI=1S/C33H39N5O2/c39-32(34-17-9-18-35-20-22-36(23-21-35)28-12-5-2-6-13-28)27-15-16-29-31(24-27)38(25-26-10-3-1-4-11-26)33(40)30-14-7-8-19-37(29)30/h1-6,10-13,15-16,24,30H,7-9,14,17-23,25H2,(H,34,39). The highest BCUT2D eigenvalue weighted by Gasteiger charge is 2.39. The molecule has 3 aliphatic rings. The molecule has 1 atom stereocenters. The third-order valence-electron chi connectivity index (χ3n) is 8.51. The van der Waals surface area contributed by atoms with Crippen molar-refractivity contribution < 1.29 is 9.59 Å². The topological polar surface area (TPSA) is 59.1 Å². The van der Waals surface area contributed by atoms with Gasteiger partial charge in [0.1, 0.15) is 6.04 Å². The summed E-state index contributed by atoms with van der Waals surface area (Å²) >= 11 is 0. The zero-order chi connectivity index (χ0) is 27.3. The van der Waals surface area contributed by atoms with E-state index < -0.39 is 0 Å². The van der Waals surface area contributed by atoms with Crippen LogP contribution in [0.3, 0.4) is 0 Å². The van der Waals surface area contributed by atoms with Crippen LogP contribution in [0.25, 0.3) is 0 Å². The maximum Gasteiger partial charge on any atom is 0.251 e. The molecule has 1 N–H and O–H groups in total. The van der Waals surface area contributed by atoms with Crippen LogP contribution in [0, 0.1) is 0 Å². The zero-order valence-corrected chi connectivity index (χ0v) is 23.2. The highest BCUT2D eigenvalue weighted by atomic mass is 16.2. The number of nitrogens with one attached hydrogen (secondary N) is 1. The predicted molar refractivity (Wildman–Crippen MR) is 161 cm³/mol. The Bertz CT molecular complexity index is 1310. The average Bonchev–Trinajstić information content (AvgIpc) is 3.02. The molecule has 3 aliphatic heterocycles. The summed E-state index contributed by atoms with van der Waals surface area (Å²) in [5, 5.41) is 3.12. The highest BCUT2D eigenvalue weighted by Crippen LogP contribution is 2.40. The molecule has 1 unspecified atom stereocenters. The third-order valence-corrected chi connectivity index (χ3v) is 8.51. The lowest BCUT2D eigenvalue weighted by atomic mass is 9.95. The first-order valence-electron chi connectivity index (χ1n) is 14.7. The van der Waals surface area contributed by atoms with E-state index in [-0.39, 0.29) is 17.9 Å². The number of para-hydroxylation sites is 1. The first kappa shape index (κ1) is 26.4. The molecule has 0 saturated carbocycles. The molecule has 0 spiro atoms. The molecule has 0 aliphatic carbocycles. The average molecular weight is 538 g/mol. The fourth-order valence-corrected chi connectivity index (χ4v) is 6.30. The van der Waals surface area contributed by atoms with Crippen molar-refractivity contribution in [2.75, 3.05) is 60.5 Å². The summed E-state index contributed by atoms with van der Waals surface area (Å²) in [5.41, 5.74) is 4.89. The highest BCUT2D eigenvalue weighted by molar-refractivity contribution is 6.07. The number of piperazine rings is 1. The van der Waals surface area contributed by atoms with Crippen molar-refractivity contribution in [1.29, 1.82) is 0 Å². The van der Waals surface area contributed by atoms with E-state index in [1.165, 1.54) is 5.69 Å². The number of hydrogen-bond acceptors (Lipinski definition) is 5. The lowest BCUT2D eigenvalue weighted by Gasteiger charge is -2.45. The quantitative estimate of drug-likeness (QED) is 0.428. The Morgan fingerprint density at radius 1 is 0.825 bits per heavy atom. The number of nitrogens with zero attached hydrogens (tertiary/aromatic N) is 4. The van der Waals surface area contributed by atoms with E-state index >= 15 is 0 Å². The number of rotatable bonds is 8. The molecule has 0 aromatic heterocycles. The molecule has 0 radical (unpaired) electrons. The van der Waals surface area contributed by atoms with E-state index in [0.29, 0.717) is 18.7 Å². The third kappa shape index (κ3) is 5.70. The lowest BCUT2D eigenvalue weighted by Crippen LogP contribution is -2.55. The molecule has 2 fully saturated rings. The Balaban J connectivity index is 1.07. The predicted octanol–water partition coefficient (Wildman–Crippen LogP) is 4.53. The van der Waals surface area contributed by atoms with Gasteiger partial charge < -0.3 is 20.0 Å². The van der Waals surface area contributed by atoms with Crippen LogP contribution in [0.1, 0.15) is 41.6 Å². The van der Waals surface area contributed by atoms with Crippen molar-refractivity contribution in [1.82, 2.24) is 10.2 Å². The zero-order valence-electron chi connectivity index (χ0n) is 23.2. The maximum absolute atomic E-state index is 13.6. The molecule has 3 heterocycles. The van der Waals surface area contributed by atoms with Gasteiger partial charge in [0.2, 0.25) is 5.91 Å². The van der Waals surface area contributed by atoms with Gasteiger partial charge in [0.15, 0.2) is 0 Å². The Kier molecular flexibility index (Phi) is 8.00. The molecule has 40 heavy (non-hydrogen) atoms. The largest absolute Gasteiger partial charge is 0.369 e. The minimum Gasteiger partial charge on any atom is -0.369 e. The van der Waals surface area contributed by atoms with Crippen LogP contribution in [-0.4, -0.2) is 68.6 Å². The maximum atomic E-state index is 13.6. The number of anilines is 3. The summed E-state index contributed by atoms with van der Waals surface area (Å²) in [4.78, 5) is 35.9. The molecular formula is C33H39N5O2. The molecule has 3 aromatic carbocycles. The number of piperidine rings is 1. The normalized spacial score (nSPS) is 19.2. The van der Waals surface area contributed by atoms with Crippen LogP contribution in [0.15, 0.2) is 78.9 Å². The molecule has 2 saturated heterocycles. The number of benzene rings is 3. The van der Waals surface area contributed by atoms with Crippen LogP contribution >= 0.6 is 0 Å². The molecule has 3 aromatic rings. The van der Waals surface area contributed by atoms with Crippen LogP contribution in [-0.2, 0) is 11.3 Å². The van der Waals surface area contributed by atoms with Crippen LogP contribution < -0.4 is 20.0 Å². The van der Waals surface area contributed by atoms with Crippen molar-refractivity contribution in [3.63, 3.8) is 0 Å². The van der Waals surface area contributed by atoms with Crippen molar-refractivity contribution >= 4 is 28.9 Å². The lowest BCUT2D eigenvalue weighted by molar-refractivity contribution is -0.120. The van der Waals surface area contributed by atoms with E-state index in [4.69, 9.17) is 0 Å². The van der Waals surface area contributed by atoms with Crippen molar-refractivity contribution in [2.24, 2.45) is 0 Å². The summed E-state index contributed by atoms with van der Waals surface area (Å²) in [6.07, 6.45) is 3.96. The summed E-state index contributed by atoms with van der Waals surface area (Å²) < 4.78 is 0. The van der Waals surface area contributed by atoms with Gasteiger partial charge in [0.25, 0.3) is 5.91 Å². The molecule has 0 bridgehead atoms. The Hall–Kier alpha value is -3.84. The smallest absolute Gasteiger partial charge is 0.251 e. The summed E-state index contributed by atoms with van der Waals surface area (Å²) in [7, 11) is 0. The molecule has 2 amide bonds. The first-order valence-corrected chi connectivity index (χ1v) is 14.7. The SMILES string of the molecule is O=C(NCCCN1CCN(c2ccccc2)CC1)c1ccc2c(c1)N(Cc1ccccc1)C(=O)C1CCCCN21. The Morgan fingerprint density at radius 2 is 1.57 bits per heavy atom. The number of carbonyl (C=O) groups excluding carboxylic acids is 2. The molecule has 208 valence electrons. The molecular weight excluding hydrogens is 498 g/mol. The van der Waals surface area contributed by atoms with E-state index in [0.717, 1.165) is 81.9 Å². The van der Waals surface area contributed by atoms with Gasteiger partial charge in [-0.05, 0) is 68.1 Å². The van der Waals surface area contributed by atoms with E-state index in [2.05, 4.69) is 62.5 Å². The fraction of sp³-hybridized carbons (Fsp3) is 0.394. The van der Waals surface area contributed by atoms with Gasteiger partial charge in [-0.25, -0.2) is 0 Å². The summed E-state index contributed by atoms with van der Waals surface area (Å²) in [5.74, 6) is 0.0607. The van der Waals surface area contributed by atoms with Gasteiger partial charge >= 0.3 is 0 Å². The van der Waals surface area contributed by atoms with Crippen LogP contribution in [0.2, 0.25) is 0 Å². The second kappa shape index (κ2) is 12.1. The number of fused-ring (bicyclic) bond motifs is 3. The van der Waals surface area contributed by atoms with Crippen molar-refractivity contribution in [3.8, 4) is 0 Å². The minimum atomic E-state index is -0.112. The van der Waals surface area contributed by atoms with Gasteiger partial charge in [-0.3, -0.25) is 14.5 Å². The fourth-order valence-electron chi connectivity index (χ4n) is 6.30. The Morgan fingerprint density at radius 3 is 2.35 bits per heavy atom. The second-order valence-corrected chi connectivity index (χ2v) is 11.1. The van der Waals surface area contributed by atoms with Gasteiger partial charge in [-0.15, -0.1) is 0 Å². The van der Waals surface area contributed by atoms with Gasteiger partial charge in [-0.1, -0.05) is 48.5 Å². The second-order valence-electron chi connectivity index (χ2n) is 11.1. The van der Waals surface area contributed by atoms with E-state index in [1.807, 2.05) is 41.3 Å². The van der Waals surface area contributed by atoms with Gasteiger partial charge in [0, 0.05) is 50.5 Å². The minimum absolute atomic E-state index is 0.0791. The number of amides is 2. The van der Waals surface area contributed by atoms with E-state index in [9.17, 15) is 9.59 Å². The summed E-state index contributed by atoms with van der Waals surface area (Å²) in [6.45, 7) is 7.14. The van der Waals surface area contributed by atoms with Gasteiger partial charge in [-0.2, -0.15) is 0 Å². The van der Waals surface area contributed by atoms with E-state index in [1.54, 1.807) is 0 Å². The molecule has 6 rings (SSSR count). The first-order chi connectivity index (χ1) is 19.7. The summed E-state index contributed by atoms with van der Waals surface area (Å²) in [6, 6.07) is 26.5. The Labute approximate surface area is 237 Å². The number of carbonyl (C=O) groups is 2. The van der Waals surface area contributed by atoms with Crippen LogP contribution in [0.4, 0.5) is 17.1 Å². The van der Waals surface area contributed by atoms with Crippen LogP contribution in [0.5, 0.6) is 0 Å². The van der Waals surface area contributed by atoms with Crippen molar-refractivity contribution in [2.45, 2.75) is 38.3 Å². The monoisotopic (exact) mass is 537 g/mol. The molecule has 7 heteroatoms. The number of hydrogen-bond donors (Lipinski definition) is 1. The molecule has 7 nitrogen and oxygen atoms in total. The van der Waals surface area contributed by atoms with Crippen molar-refractivity contribution in [3.05, 3.63) is 90.0 Å². The van der Waals surface area contributed by atoms with Gasteiger partial charge in [0.05, 0.1) is 17.9 Å².